The molecule has 0 radical (unpaired) electrons. The predicted octanol–water partition coefficient (Wildman–Crippen LogP) is 3.52. The van der Waals surface area contributed by atoms with E-state index in [0.717, 1.165) is 25.2 Å². The van der Waals surface area contributed by atoms with E-state index in [0.29, 0.717) is 10.9 Å². The van der Waals surface area contributed by atoms with E-state index < -0.39 is 0 Å². The number of aromatic hydroxyl groups is 1. The topological polar surface area (TPSA) is 23.5 Å². The number of benzene rings is 1. The Kier molecular flexibility index (Phi) is 5.10. The molecule has 0 fully saturated rings. The molecule has 0 amide bonds. The van der Waals surface area contributed by atoms with Crippen molar-refractivity contribution in [2.75, 3.05) is 13.1 Å². The second-order valence-electron chi connectivity index (χ2n) is 4.51. The molecule has 1 rings (SSSR count). The molecule has 0 aromatic heterocycles. The van der Waals surface area contributed by atoms with Crippen LogP contribution in [0.2, 0.25) is 5.02 Å². The zero-order valence-electron chi connectivity index (χ0n) is 10.2. The maximum absolute atomic E-state index is 9.33. The van der Waals surface area contributed by atoms with E-state index >= 15 is 0 Å². The van der Waals surface area contributed by atoms with Crippen LogP contribution in [-0.4, -0.2) is 23.1 Å². The molecule has 1 aromatic rings. The maximum Gasteiger partial charge on any atom is 0.134 e. The summed E-state index contributed by atoms with van der Waals surface area (Å²) in [5.74, 6) is 0.810. The summed E-state index contributed by atoms with van der Waals surface area (Å²) in [7, 11) is 0. The van der Waals surface area contributed by atoms with Crippen molar-refractivity contribution in [1.29, 1.82) is 0 Å². The lowest BCUT2D eigenvalue weighted by atomic mass is 10.1. The monoisotopic (exact) mass is 241 g/mol. The van der Waals surface area contributed by atoms with Gasteiger partial charge in [0.05, 0.1) is 5.02 Å². The minimum atomic E-state index is 0.150. The van der Waals surface area contributed by atoms with Gasteiger partial charge in [-0.3, -0.25) is 4.90 Å². The van der Waals surface area contributed by atoms with Crippen molar-refractivity contribution in [1.82, 2.24) is 4.90 Å². The molecule has 0 unspecified atom stereocenters. The third kappa shape index (κ3) is 4.03. The molecule has 0 heterocycles. The van der Waals surface area contributed by atoms with Gasteiger partial charge in [0.15, 0.2) is 0 Å². The fraction of sp³-hybridized carbons (Fsp3) is 0.538. The second-order valence-corrected chi connectivity index (χ2v) is 4.91. The number of hydrogen-bond donors (Lipinski definition) is 1. The van der Waals surface area contributed by atoms with Gasteiger partial charge in [0.25, 0.3) is 0 Å². The molecule has 0 aliphatic carbocycles. The average molecular weight is 242 g/mol. The van der Waals surface area contributed by atoms with E-state index in [2.05, 4.69) is 25.7 Å². The lowest BCUT2D eigenvalue weighted by Crippen LogP contribution is -2.27. The molecule has 0 saturated carbocycles. The van der Waals surface area contributed by atoms with Crippen LogP contribution in [0.15, 0.2) is 18.2 Å². The lowest BCUT2D eigenvalue weighted by Gasteiger charge is -2.22. The molecule has 0 aliphatic heterocycles. The van der Waals surface area contributed by atoms with Gasteiger partial charge < -0.3 is 5.11 Å². The number of phenols is 1. The van der Waals surface area contributed by atoms with E-state index in [4.69, 9.17) is 11.6 Å². The minimum absolute atomic E-state index is 0.150. The Balaban J connectivity index is 2.66. The Bertz CT molecular complexity index is 339. The number of phenolic OH excluding ortho intramolecular Hbond substituents is 1. The van der Waals surface area contributed by atoms with Crippen molar-refractivity contribution in [3.05, 3.63) is 28.8 Å². The summed E-state index contributed by atoms with van der Waals surface area (Å²) in [4.78, 5) is 2.37. The van der Waals surface area contributed by atoms with Gasteiger partial charge in [0.1, 0.15) is 5.75 Å². The van der Waals surface area contributed by atoms with Crippen molar-refractivity contribution in [2.24, 2.45) is 5.92 Å². The first-order chi connectivity index (χ1) is 7.52. The molecular formula is C13H20ClNO. The second kappa shape index (κ2) is 6.12. The molecule has 0 atom stereocenters. The standard InChI is InChI=1S/C13H20ClNO/c1-4-15(8-10(2)3)9-11-5-6-13(16)12(14)7-11/h5-7,10,16H,4,8-9H2,1-3H3. The summed E-state index contributed by atoms with van der Waals surface area (Å²) >= 11 is 5.88. The highest BCUT2D eigenvalue weighted by Gasteiger charge is 2.07. The van der Waals surface area contributed by atoms with Gasteiger partial charge in [0.2, 0.25) is 0 Å². The normalized spacial score (nSPS) is 11.4. The van der Waals surface area contributed by atoms with Gasteiger partial charge in [-0.15, -0.1) is 0 Å². The van der Waals surface area contributed by atoms with E-state index in [9.17, 15) is 5.11 Å². The maximum atomic E-state index is 9.33. The molecule has 3 heteroatoms. The Morgan fingerprint density at radius 3 is 2.56 bits per heavy atom. The molecule has 1 N–H and O–H groups in total. The van der Waals surface area contributed by atoms with Crippen molar-refractivity contribution >= 4 is 11.6 Å². The van der Waals surface area contributed by atoms with Crippen LogP contribution >= 0.6 is 11.6 Å². The smallest absolute Gasteiger partial charge is 0.134 e. The summed E-state index contributed by atoms with van der Waals surface area (Å²) in [6.07, 6.45) is 0. The first kappa shape index (κ1) is 13.3. The van der Waals surface area contributed by atoms with Crippen LogP contribution in [0.25, 0.3) is 0 Å². The highest BCUT2D eigenvalue weighted by molar-refractivity contribution is 6.32. The fourth-order valence-electron chi connectivity index (χ4n) is 1.73. The molecule has 0 saturated heterocycles. The Morgan fingerprint density at radius 1 is 1.38 bits per heavy atom. The van der Waals surface area contributed by atoms with Crippen LogP contribution in [0.4, 0.5) is 0 Å². The highest BCUT2D eigenvalue weighted by Crippen LogP contribution is 2.24. The summed E-state index contributed by atoms with van der Waals surface area (Å²) in [5, 5.41) is 9.76. The van der Waals surface area contributed by atoms with Crippen LogP contribution in [0.5, 0.6) is 5.75 Å². The van der Waals surface area contributed by atoms with Gasteiger partial charge in [0, 0.05) is 13.1 Å². The molecule has 0 aliphatic rings. The number of halogens is 1. The predicted molar refractivity (Wildman–Crippen MR) is 68.9 cm³/mol. The number of nitrogens with zero attached hydrogens (tertiary/aromatic N) is 1. The summed E-state index contributed by atoms with van der Waals surface area (Å²) in [5.41, 5.74) is 1.14. The SMILES string of the molecule is CCN(Cc1ccc(O)c(Cl)c1)CC(C)C. The van der Waals surface area contributed by atoms with Crippen LogP contribution in [0.1, 0.15) is 26.3 Å². The van der Waals surface area contributed by atoms with Crippen LogP contribution in [0, 0.1) is 5.92 Å². The number of hydrogen-bond acceptors (Lipinski definition) is 2. The average Bonchev–Trinajstić information content (AvgIpc) is 2.22. The molecule has 90 valence electrons. The third-order valence-corrected chi connectivity index (χ3v) is 2.79. The molecule has 0 bridgehead atoms. The minimum Gasteiger partial charge on any atom is -0.506 e. The van der Waals surface area contributed by atoms with Gasteiger partial charge in [-0.25, -0.2) is 0 Å². The van der Waals surface area contributed by atoms with E-state index in [-0.39, 0.29) is 5.75 Å². The number of rotatable bonds is 5. The quantitative estimate of drug-likeness (QED) is 0.853. The third-order valence-electron chi connectivity index (χ3n) is 2.49. The van der Waals surface area contributed by atoms with Gasteiger partial charge in [-0.1, -0.05) is 38.4 Å². The molecule has 16 heavy (non-hydrogen) atoms. The zero-order valence-corrected chi connectivity index (χ0v) is 11.0. The van der Waals surface area contributed by atoms with Crippen LogP contribution in [-0.2, 0) is 6.54 Å². The van der Waals surface area contributed by atoms with E-state index in [1.807, 2.05) is 12.1 Å². The molecule has 1 aromatic carbocycles. The first-order valence-corrected chi connectivity index (χ1v) is 6.10. The van der Waals surface area contributed by atoms with E-state index in [1.165, 1.54) is 0 Å². The largest absolute Gasteiger partial charge is 0.506 e. The summed E-state index contributed by atoms with van der Waals surface area (Å²) < 4.78 is 0. The van der Waals surface area contributed by atoms with Crippen LogP contribution < -0.4 is 0 Å². The van der Waals surface area contributed by atoms with Crippen LogP contribution in [0.3, 0.4) is 0 Å². The Hall–Kier alpha value is -0.730. The van der Waals surface area contributed by atoms with Gasteiger partial charge in [-0.05, 0) is 30.2 Å². The van der Waals surface area contributed by atoms with Crippen molar-refractivity contribution < 1.29 is 5.11 Å². The van der Waals surface area contributed by atoms with Crippen molar-refractivity contribution in [3.8, 4) is 5.75 Å². The lowest BCUT2D eigenvalue weighted by molar-refractivity contribution is 0.248. The summed E-state index contributed by atoms with van der Waals surface area (Å²) in [6.45, 7) is 9.57. The van der Waals surface area contributed by atoms with Gasteiger partial charge >= 0.3 is 0 Å². The van der Waals surface area contributed by atoms with Crippen molar-refractivity contribution in [2.45, 2.75) is 27.3 Å². The molecular weight excluding hydrogens is 222 g/mol. The Labute approximate surface area is 103 Å². The Morgan fingerprint density at radius 2 is 2.06 bits per heavy atom. The van der Waals surface area contributed by atoms with Gasteiger partial charge in [-0.2, -0.15) is 0 Å². The van der Waals surface area contributed by atoms with E-state index in [1.54, 1.807) is 6.07 Å². The molecule has 0 spiro atoms. The zero-order chi connectivity index (χ0) is 12.1. The van der Waals surface area contributed by atoms with Crippen molar-refractivity contribution in [3.63, 3.8) is 0 Å². The summed E-state index contributed by atoms with van der Waals surface area (Å²) in [6, 6.07) is 5.41. The molecule has 2 nitrogen and oxygen atoms in total. The first-order valence-electron chi connectivity index (χ1n) is 5.72. The highest BCUT2D eigenvalue weighted by atomic mass is 35.5. The fourth-order valence-corrected chi connectivity index (χ4v) is 1.93.